The van der Waals surface area contributed by atoms with Gasteiger partial charge in [0.15, 0.2) is 12.4 Å². The molecular weight excluding hydrogens is 388 g/mol. The molecule has 0 heterocycles. The lowest BCUT2D eigenvalue weighted by Gasteiger charge is -2.58. The molecule has 3 saturated carbocycles. The Bertz CT molecular complexity index is 860. The van der Waals surface area contributed by atoms with Crippen molar-refractivity contribution in [3.63, 3.8) is 0 Å². The number of aliphatic hydroxyl groups excluding tert-OH is 1. The Morgan fingerprint density at radius 3 is 2.60 bits per heavy atom. The number of ether oxygens (including phenoxy) is 1. The van der Waals surface area contributed by atoms with Crippen LogP contribution in [0.2, 0.25) is 0 Å². The van der Waals surface area contributed by atoms with Crippen molar-refractivity contribution in [2.24, 2.45) is 28.6 Å². The summed E-state index contributed by atoms with van der Waals surface area (Å²) in [5.74, 6) is -1.81. The summed E-state index contributed by atoms with van der Waals surface area (Å²) in [6, 6.07) is 0. The largest absolute Gasteiger partial charge is 0.458 e. The first-order valence-electron chi connectivity index (χ1n) is 10.8. The van der Waals surface area contributed by atoms with Gasteiger partial charge in [-0.05, 0) is 49.2 Å². The fraction of sp³-hybridized carbons (Fsp3) is 0.739. The van der Waals surface area contributed by atoms with Gasteiger partial charge in [0.25, 0.3) is 0 Å². The summed E-state index contributed by atoms with van der Waals surface area (Å²) < 4.78 is 4.84. The number of carbonyl (C=O) groups excluding carboxylic acids is 4. The van der Waals surface area contributed by atoms with E-state index < -0.39 is 40.9 Å². The summed E-state index contributed by atoms with van der Waals surface area (Å²) in [5, 5.41) is 22.3. The first kappa shape index (κ1) is 21.4. The number of hydrogen-bond donors (Lipinski definition) is 2. The molecule has 0 radical (unpaired) electrons. The molecule has 7 heteroatoms. The molecule has 0 aromatic carbocycles. The molecule has 2 N–H and O–H groups in total. The molecule has 4 rings (SSSR count). The maximum Gasteiger partial charge on any atom is 0.303 e. The Balaban J connectivity index is 1.70. The van der Waals surface area contributed by atoms with Crippen LogP contribution in [0.5, 0.6) is 0 Å². The minimum atomic E-state index is -1.74. The summed E-state index contributed by atoms with van der Waals surface area (Å²) in [4.78, 5) is 49.5. The van der Waals surface area contributed by atoms with E-state index in [1.807, 2.05) is 6.92 Å². The smallest absolute Gasteiger partial charge is 0.303 e. The zero-order chi connectivity index (χ0) is 22.1. The summed E-state index contributed by atoms with van der Waals surface area (Å²) >= 11 is 0. The Kier molecular flexibility index (Phi) is 4.86. The van der Waals surface area contributed by atoms with Crippen LogP contribution in [0, 0.1) is 28.6 Å². The number of esters is 1. The molecule has 164 valence electrons. The molecular formula is C23H30O7. The van der Waals surface area contributed by atoms with Gasteiger partial charge in [-0.15, -0.1) is 0 Å². The molecule has 0 spiro atoms. The predicted molar refractivity (Wildman–Crippen MR) is 105 cm³/mol. The Hall–Kier alpha value is -1.86. The molecule has 0 saturated heterocycles. The number of Topliss-reactive ketones (excluding diaryl/α,β-unsaturated/α-hetero) is 2. The van der Waals surface area contributed by atoms with Crippen LogP contribution in [0.25, 0.3) is 0 Å². The molecule has 0 aliphatic heterocycles. The average Bonchev–Trinajstić information content (AvgIpc) is 2.93. The molecule has 0 unspecified atom stereocenters. The van der Waals surface area contributed by atoms with Crippen LogP contribution in [-0.4, -0.2) is 51.8 Å². The number of ketones is 3. The fourth-order valence-electron chi connectivity index (χ4n) is 7.19. The highest BCUT2D eigenvalue weighted by Gasteiger charge is 2.69. The molecule has 0 bridgehead atoms. The number of hydrogen-bond acceptors (Lipinski definition) is 7. The minimum Gasteiger partial charge on any atom is -0.458 e. The topological polar surface area (TPSA) is 118 Å². The Labute approximate surface area is 175 Å². The molecule has 4 aliphatic carbocycles. The van der Waals surface area contributed by atoms with Gasteiger partial charge in [-0.3, -0.25) is 19.2 Å². The van der Waals surface area contributed by atoms with Gasteiger partial charge < -0.3 is 14.9 Å². The van der Waals surface area contributed by atoms with Gasteiger partial charge in [0, 0.05) is 36.5 Å². The van der Waals surface area contributed by atoms with Gasteiger partial charge >= 0.3 is 5.97 Å². The van der Waals surface area contributed by atoms with Crippen LogP contribution in [0.4, 0.5) is 0 Å². The van der Waals surface area contributed by atoms with Crippen molar-refractivity contribution >= 4 is 23.3 Å². The number of rotatable bonds is 3. The predicted octanol–water partition coefficient (Wildman–Crippen LogP) is 1.53. The highest BCUT2D eigenvalue weighted by molar-refractivity contribution is 5.95. The second-order valence-corrected chi connectivity index (χ2v) is 10.1. The van der Waals surface area contributed by atoms with Crippen molar-refractivity contribution in [2.45, 2.75) is 71.0 Å². The zero-order valence-corrected chi connectivity index (χ0v) is 17.8. The third-order valence-corrected chi connectivity index (χ3v) is 8.69. The molecule has 30 heavy (non-hydrogen) atoms. The first-order chi connectivity index (χ1) is 13.9. The molecule has 4 aliphatic rings. The lowest BCUT2D eigenvalue weighted by Crippen LogP contribution is -2.62. The van der Waals surface area contributed by atoms with Crippen LogP contribution in [0.15, 0.2) is 11.6 Å². The Morgan fingerprint density at radius 1 is 1.23 bits per heavy atom. The standard InChI is InChI=1S/C23H30O7/c1-12(24)30-11-19(28)23(29)7-5-15-14-9-17(26)16-8-13(25)4-6-21(16,2)20(14)18(27)10-22(15,23)3/h8,14-15,17,20,26,29H,4-7,9-11H2,1-3H3/t14-,15-,17-,20+,21-,22-,23-/m0/s1. The molecule has 0 aromatic heterocycles. The van der Waals surface area contributed by atoms with Gasteiger partial charge in [-0.2, -0.15) is 0 Å². The molecule has 7 atom stereocenters. The molecule has 7 nitrogen and oxygen atoms in total. The van der Waals surface area contributed by atoms with Crippen molar-refractivity contribution < 1.29 is 34.1 Å². The third kappa shape index (κ3) is 2.78. The van der Waals surface area contributed by atoms with Crippen LogP contribution in [0.3, 0.4) is 0 Å². The third-order valence-electron chi connectivity index (χ3n) is 8.69. The van der Waals surface area contributed by atoms with E-state index in [4.69, 9.17) is 4.74 Å². The quantitative estimate of drug-likeness (QED) is 0.667. The maximum atomic E-state index is 13.5. The van der Waals surface area contributed by atoms with Gasteiger partial charge in [-0.25, -0.2) is 0 Å². The van der Waals surface area contributed by atoms with E-state index >= 15 is 0 Å². The highest BCUT2D eigenvalue weighted by Crippen LogP contribution is 2.66. The second kappa shape index (κ2) is 6.82. The summed E-state index contributed by atoms with van der Waals surface area (Å²) in [7, 11) is 0. The van der Waals surface area contributed by atoms with Crippen molar-refractivity contribution in [1.82, 2.24) is 0 Å². The highest BCUT2D eigenvalue weighted by atomic mass is 16.5. The molecule has 0 amide bonds. The van der Waals surface area contributed by atoms with Gasteiger partial charge in [0.1, 0.15) is 11.4 Å². The number of aliphatic hydroxyl groups is 2. The second-order valence-electron chi connectivity index (χ2n) is 10.1. The minimum absolute atomic E-state index is 0.0145. The van der Waals surface area contributed by atoms with E-state index in [0.29, 0.717) is 31.3 Å². The average molecular weight is 418 g/mol. The van der Waals surface area contributed by atoms with Crippen LogP contribution >= 0.6 is 0 Å². The lowest BCUT2D eigenvalue weighted by molar-refractivity contribution is -0.175. The summed E-state index contributed by atoms with van der Waals surface area (Å²) in [6.45, 7) is 4.45. The van der Waals surface area contributed by atoms with Crippen LogP contribution < -0.4 is 0 Å². The van der Waals surface area contributed by atoms with Crippen molar-refractivity contribution in [3.05, 3.63) is 11.6 Å². The van der Waals surface area contributed by atoms with E-state index in [9.17, 15) is 29.4 Å². The van der Waals surface area contributed by atoms with E-state index in [2.05, 4.69) is 0 Å². The zero-order valence-electron chi connectivity index (χ0n) is 17.8. The molecule has 3 fully saturated rings. The van der Waals surface area contributed by atoms with E-state index in [0.717, 1.165) is 0 Å². The Morgan fingerprint density at radius 2 is 1.93 bits per heavy atom. The van der Waals surface area contributed by atoms with Crippen LogP contribution in [-0.2, 0) is 23.9 Å². The van der Waals surface area contributed by atoms with Crippen molar-refractivity contribution in [3.8, 4) is 0 Å². The van der Waals surface area contributed by atoms with Crippen LogP contribution in [0.1, 0.15) is 59.3 Å². The maximum absolute atomic E-state index is 13.5. The van der Waals surface area contributed by atoms with Gasteiger partial charge in [0.05, 0.1) is 6.10 Å². The van der Waals surface area contributed by atoms with Gasteiger partial charge in [0.2, 0.25) is 5.78 Å². The monoisotopic (exact) mass is 418 g/mol. The van der Waals surface area contributed by atoms with Crippen molar-refractivity contribution in [1.29, 1.82) is 0 Å². The lowest BCUT2D eigenvalue weighted by atomic mass is 9.45. The van der Waals surface area contributed by atoms with E-state index in [-0.39, 0.29) is 42.2 Å². The molecule has 0 aromatic rings. The fourth-order valence-corrected chi connectivity index (χ4v) is 7.19. The van der Waals surface area contributed by atoms with E-state index in [1.165, 1.54) is 13.0 Å². The number of fused-ring (bicyclic) bond motifs is 5. The summed E-state index contributed by atoms with van der Waals surface area (Å²) in [6.07, 6.45) is 2.79. The summed E-state index contributed by atoms with van der Waals surface area (Å²) in [5.41, 5.74) is -2.62. The van der Waals surface area contributed by atoms with Crippen molar-refractivity contribution in [2.75, 3.05) is 6.61 Å². The normalized spacial score (nSPS) is 45.2. The number of carbonyl (C=O) groups is 4. The first-order valence-corrected chi connectivity index (χ1v) is 10.8. The van der Waals surface area contributed by atoms with Gasteiger partial charge in [-0.1, -0.05) is 13.8 Å². The SMILES string of the molecule is CC(=O)OCC(=O)[C@@]1(O)CC[C@H]2[C@@H]3C[C@H](O)C4=CC(=O)CC[C@]4(C)[C@H]3C(=O)C[C@@]21C. The van der Waals surface area contributed by atoms with E-state index in [1.54, 1.807) is 6.92 Å².